The van der Waals surface area contributed by atoms with Crippen molar-refractivity contribution >= 4 is 17.7 Å². The molecule has 0 fully saturated rings. The van der Waals surface area contributed by atoms with Gasteiger partial charge in [-0.25, -0.2) is 0 Å². The number of hydrogen-bond acceptors (Lipinski definition) is 6. The lowest BCUT2D eigenvalue weighted by molar-refractivity contribution is -0.154. The van der Waals surface area contributed by atoms with E-state index in [0.717, 1.165) is 5.56 Å². The largest absolute Gasteiger partial charge is 0.454 e. The van der Waals surface area contributed by atoms with Gasteiger partial charge in [0.15, 0.2) is 23.4 Å². The lowest BCUT2D eigenvalue weighted by atomic mass is 10.1. The SMILES string of the molecule is C[C@@H](OC(=O)CCC(=O)c1ccccc1)C(=O)NCc1ccc2c(c1)OCO2. The number of hydrogen-bond donors (Lipinski definition) is 1. The van der Waals surface area contributed by atoms with Gasteiger partial charge in [0.2, 0.25) is 6.79 Å². The molecule has 0 saturated heterocycles. The van der Waals surface area contributed by atoms with E-state index in [1.54, 1.807) is 36.4 Å². The number of rotatable bonds is 8. The minimum atomic E-state index is -0.951. The van der Waals surface area contributed by atoms with Crippen LogP contribution in [0.5, 0.6) is 11.5 Å². The average molecular weight is 383 g/mol. The van der Waals surface area contributed by atoms with Crippen LogP contribution < -0.4 is 14.8 Å². The van der Waals surface area contributed by atoms with Gasteiger partial charge in [0.1, 0.15) is 0 Å². The summed E-state index contributed by atoms with van der Waals surface area (Å²) in [6.07, 6.45) is -0.990. The quantitative estimate of drug-likeness (QED) is 0.557. The first kappa shape index (κ1) is 19.4. The third-order valence-corrected chi connectivity index (χ3v) is 4.23. The van der Waals surface area contributed by atoms with Gasteiger partial charge in [0.05, 0.1) is 6.42 Å². The summed E-state index contributed by atoms with van der Waals surface area (Å²) in [7, 11) is 0. The highest BCUT2D eigenvalue weighted by molar-refractivity contribution is 5.97. The second-order valence-corrected chi connectivity index (χ2v) is 6.33. The molecular weight excluding hydrogens is 362 g/mol. The van der Waals surface area contributed by atoms with Crippen LogP contribution in [0.25, 0.3) is 0 Å². The first-order valence-corrected chi connectivity index (χ1v) is 8.97. The number of nitrogens with one attached hydrogen (secondary N) is 1. The number of ketones is 1. The van der Waals surface area contributed by atoms with Crippen LogP contribution in [-0.2, 0) is 20.9 Å². The van der Waals surface area contributed by atoms with Crippen molar-refractivity contribution in [3.63, 3.8) is 0 Å². The number of carbonyl (C=O) groups excluding carboxylic acids is 3. The highest BCUT2D eigenvalue weighted by Crippen LogP contribution is 2.32. The molecule has 1 atom stereocenters. The van der Waals surface area contributed by atoms with Crippen molar-refractivity contribution < 1.29 is 28.6 Å². The fourth-order valence-electron chi connectivity index (χ4n) is 2.68. The summed E-state index contributed by atoms with van der Waals surface area (Å²) in [5, 5.41) is 2.71. The Bertz CT molecular complexity index is 864. The Morgan fingerprint density at radius 1 is 1.04 bits per heavy atom. The fraction of sp³-hybridized carbons (Fsp3) is 0.286. The Balaban J connectivity index is 1.41. The predicted octanol–water partition coefficient (Wildman–Crippen LogP) is 2.63. The van der Waals surface area contributed by atoms with Gasteiger partial charge < -0.3 is 19.5 Å². The summed E-state index contributed by atoms with van der Waals surface area (Å²) in [5.41, 5.74) is 1.38. The number of amides is 1. The molecule has 3 rings (SSSR count). The van der Waals surface area contributed by atoms with Crippen LogP contribution in [0, 0.1) is 0 Å². The van der Waals surface area contributed by atoms with E-state index < -0.39 is 18.0 Å². The van der Waals surface area contributed by atoms with Crippen molar-refractivity contribution in [3.05, 3.63) is 59.7 Å². The molecule has 1 heterocycles. The third kappa shape index (κ3) is 5.09. The van der Waals surface area contributed by atoms with Crippen molar-refractivity contribution in [3.8, 4) is 11.5 Å². The minimum absolute atomic E-state index is 0.0361. The van der Waals surface area contributed by atoms with Crippen LogP contribution in [0.3, 0.4) is 0 Å². The van der Waals surface area contributed by atoms with Gasteiger partial charge in [-0.2, -0.15) is 0 Å². The van der Waals surface area contributed by atoms with Crippen LogP contribution in [0.2, 0.25) is 0 Å². The summed E-state index contributed by atoms with van der Waals surface area (Å²) < 4.78 is 15.6. The van der Waals surface area contributed by atoms with Crippen molar-refractivity contribution in [2.45, 2.75) is 32.4 Å². The monoisotopic (exact) mass is 383 g/mol. The molecule has 2 aromatic carbocycles. The average Bonchev–Trinajstić information content (AvgIpc) is 3.18. The van der Waals surface area contributed by atoms with E-state index in [4.69, 9.17) is 14.2 Å². The van der Waals surface area contributed by atoms with E-state index >= 15 is 0 Å². The zero-order chi connectivity index (χ0) is 19.9. The topological polar surface area (TPSA) is 90.9 Å². The van der Waals surface area contributed by atoms with Crippen molar-refractivity contribution in [2.75, 3.05) is 6.79 Å². The summed E-state index contributed by atoms with van der Waals surface area (Å²) in [5.74, 6) is 0.157. The number of Topliss-reactive ketones (excluding diaryl/α,β-unsaturated/α-hetero) is 1. The smallest absolute Gasteiger partial charge is 0.307 e. The Labute approximate surface area is 162 Å². The molecule has 0 saturated carbocycles. The molecule has 0 spiro atoms. The first-order valence-electron chi connectivity index (χ1n) is 8.97. The highest BCUT2D eigenvalue weighted by Gasteiger charge is 2.19. The van der Waals surface area contributed by atoms with E-state index in [-0.39, 0.29) is 32.0 Å². The Kier molecular flexibility index (Phi) is 6.26. The van der Waals surface area contributed by atoms with Crippen LogP contribution in [0.4, 0.5) is 0 Å². The van der Waals surface area contributed by atoms with E-state index in [1.807, 2.05) is 12.1 Å². The van der Waals surface area contributed by atoms with Crippen LogP contribution in [0.15, 0.2) is 48.5 Å². The lowest BCUT2D eigenvalue weighted by Gasteiger charge is -2.13. The summed E-state index contributed by atoms with van der Waals surface area (Å²) >= 11 is 0. The molecule has 146 valence electrons. The molecule has 7 nitrogen and oxygen atoms in total. The van der Waals surface area contributed by atoms with Gasteiger partial charge in [0.25, 0.3) is 5.91 Å². The zero-order valence-corrected chi connectivity index (χ0v) is 15.5. The maximum atomic E-state index is 12.1. The van der Waals surface area contributed by atoms with Gasteiger partial charge in [0, 0.05) is 18.5 Å². The standard InChI is InChI=1S/C21H21NO6/c1-14(28-20(24)10-8-17(23)16-5-3-2-4-6-16)21(25)22-12-15-7-9-18-19(11-15)27-13-26-18/h2-7,9,11,14H,8,10,12-13H2,1H3,(H,22,25)/t14-/m1/s1. The maximum Gasteiger partial charge on any atom is 0.307 e. The highest BCUT2D eigenvalue weighted by atomic mass is 16.7. The second-order valence-electron chi connectivity index (χ2n) is 6.33. The predicted molar refractivity (Wildman–Crippen MR) is 100.0 cm³/mol. The molecule has 7 heteroatoms. The Morgan fingerprint density at radius 2 is 1.79 bits per heavy atom. The fourth-order valence-corrected chi connectivity index (χ4v) is 2.68. The molecule has 1 aliphatic heterocycles. The van der Waals surface area contributed by atoms with Crippen LogP contribution in [0.1, 0.15) is 35.7 Å². The van der Waals surface area contributed by atoms with Gasteiger partial charge in [-0.1, -0.05) is 36.4 Å². The molecule has 1 aliphatic rings. The molecule has 2 aromatic rings. The number of carbonyl (C=O) groups is 3. The molecule has 1 N–H and O–H groups in total. The van der Waals surface area contributed by atoms with Crippen LogP contribution in [-0.4, -0.2) is 30.6 Å². The normalized spacial score (nSPS) is 12.9. The summed E-state index contributed by atoms with van der Waals surface area (Å²) in [4.78, 5) is 36.0. The van der Waals surface area contributed by atoms with Gasteiger partial charge in [-0.3, -0.25) is 14.4 Å². The minimum Gasteiger partial charge on any atom is -0.454 e. The Morgan fingerprint density at radius 3 is 2.57 bits per heavy atom. The Hall–Kier alpha value is -3.35. The molecule has 0 radical (unpaired) electrons. The molecular formula is C21H21NO6. The van der Waals surface area contributed by atoms with E-state index in [0.29, 0.717) is 17.1 Å². The van der Waals surface area contributed by atoms with E-state index in [9.17, 15) is 14.4 Å². The molecule has 0 aliphatic carbocycles. The van der Waals surface area contributed by atoms with E-state index in [2.05, 4.69) is 5.32 Å². The molecule has 0 bridgehead atoms. The van der Waals surface area contributed by atoms with Crippen molar-refractivity contribution in [1.82, 2.24) is 5.32 Å². The van der Waals surface area contributed by atoms with Crippen LogP contribution >= 0.6 is 0 Å². The second kappa shape index (κ2) is 9.03. The molecule has 28 heavy (non-hydrogen) atoms. The van der Waals surface area contributed by atoms with Crippen molar-refractivity contribution in [1.29, 1.82) is 0 Å². The van der Waals surface area contributed by atoms with Crippen molar-refractivity contribution in [2.24, 2.45) is 0 Å². The summed E-state index contributed by atoms with van der Waals surface area (Å²) in [6, 6.07) is 14.1. The first-order chi connectivity index (χ1) is 13.5. The number of ether oxygens (including phenoxy) is 3. The number of esters is 1. The van der Waals surface area contributed by atoms with E-state index in [1.165, 1.54) is 6.92 Å². The summed E-state index contributed by atoms with van der Waals surface area (Å²) in [6.45, 7) is 1.95. The van der Waals surface area contributed by atoms with Gasteiger partial charge in [-0.05, 0) is 24.6 Å². The van der Waals surface area contributed by atoms with Gasteiger partial charge >= 0.3 is 5.97 Å². The molecule has 0 aromatic heterocycles. The maximum absolute atomic E-state index is 12.1. The zero-order valence-electron chi connectivity index (χ0n) is 15.5. The number of benzene rings is 2. The molecule has 0 unspecified atom stereocenters. The third-order valence-electron chi connectivity index (χ3n) is 4.23. The molecule has 1 amide bonds. The van der Waals surface area contributed by atoms with Gasteiger partial charge in [-0.15, -0.1) is 0 Å². The lowest BCUT2D eigenvalue weighted by Crippen LogP contribution is -2.35. The number of fused-ring (bicyclic) bond motifs is 1.